The lowest BCUT2D eigenvalue weighted by molar-refractivity contribution is 0.228. The topological polar surface area (TPSA) is 25.8 Å². The Bertz CT molecular complexity index is 1490. The van der Waals surface area contributed by atoms with Crippen LogP contribution in [0.5, 0.6) is 0 Å². The summed E-state index contributed by atoms with van der Waals surface area (Å²) in [4.78, 5) is 10.3. The number of aromatic nitrogens is 2. The summed E-state index contributed by atoms with van der Waals surface area (Å²) in [6.07, 6.45) is 0. The molecular formula is C30H20Cl2N2S2. The maximum Gasteiger partial charge on any atom is 0.0982 e. The molecule has 2 aromatic heterocycles. The van der Waals surface area contributed by atoms with E-state index in [-0.39, 0.29) is 23.7 Å². The quantitative estimate of drug-likeness (QED) is 0.221. The van der Waals surface area contributed by atoms with Gasteiger partial charge in [0.05, 0.1) is 30.4 Å². The number of para-hydroxylation sites is 2. The molecule has 6 heteroatoms. The van der Waals surface area contributed by atoms with Gasteiger partial charge in [0.1, 0.15) is 0 Å². The number of halogens is 2. The normalized spacial score (nSPS) is 21.6. The van der Waals surface area contributed by atoms with Crippen molar-refractivity contribution in [3.63, 3.8) is 0 Å². The summed E-state index contributed by atoms with van der Waals surface area (Å²) in [6.45, 7) is 0. The van der Waals surface area contributed by atoms with Gasteiger partial charge in [-0.05, 0) is 59.7 Å². The van der Waals surface area contributed by atoms with Gasteiger partial charge in [-0.25, -0.2) is 9.97 Å². The molecule has 0 N–H and O–H groups in total. The fourth-order valence-electron chi connectivity index (χ4n) is 5.63. The molecule has 0 spiro atoms. The van der Waals surface area contributed by atoms with Gasteiger partial charge in [0.15, 0.2) is 0 Å². The van der Waals surface area contributed by atoms with Gasteiger partial charge < -0.3 is 0 Å². The predicted octanol–water partition coefficient (Wildman–Crippen LogP) is 9.66. The van der Waals surface area contributed by atoms with Crippen molar-refractivity contribution >= 4 is 66.3 Å². The first kappa shape index (κ1) is 22.4. The van der Waals surface area contributed by atoms with Crippen molar-refractivity contribution in [3.8, 4) is 0 Å². The summed E-state index contributed by atoms with van der Waals surface area (Å²) in [6, 6.07) is 33.5. The van der Waals surface area contributed by atoms with Crippen molar-refractivity contribution in [2.75, 3.05) is 0 Å². The third kappa shape index (κ3) is 3.75. The number of thiazole rings is 2. The molecule has 0 aliphatic heterocycles. The second kappa shape index (κ2) is 8.97. The summed E-state index contributed by atoms with van der Waals surface area (Å²) in [5.41, 5.74) is 4.67. The molecule has 2 heterocycles. The van der Waals surface area contributed by atoms with Crippen molar-refractivity contribution in [2.24, 2.45) is 0 Å². The SMILES string of the molecule is Clc1ccc(C2C(c3nc4ccccc4s3)C(c3ccc(Cl)cc3)C2c2nc3ccccc3s2)cc1. The maximum absolute atomic E-state index is 6.30. The fraction of sp³-hybridized carbons (Fsp3) is 0.133. The molecule has 4 aromatic carbocycles. The zero-order valence-corrected chi connectivity index (χ0v) is 22.2. The molecule has 0 amide bonds. The molecule has 0 unspecified atom stereocenters. The van der Waals surface area contributed by atoms with Gasteiger partial charge in [0.2, 0.25) is 0 Å². The standard InChI is InChI=1S/C30H20Cl2N2S2/c31-19-13-9-17(10-14-19)25-27(29-33-21-5-1-3-7-23(21)35-29)26(18-11-15-20(32)16-12-18)28(25)30-34-22-6-2-4-8-24(22)36-30/h1-16,25-28H. The van der Waals surface area contributed by atoms with Crippen LogP contribution in [0.1, 0.15) is 44.8 Å². The Hall–Kier alpha value is -2.76. The minimum atomic E-state index is 0.224. The highest BCUT2D eigenvalue weighted by molar-refractivity contribution is 7.19. The molecule has 0 bridgehead atoms. The van der Waals surface area contributed by atoms with Crippen molar-refractivity contribution in [3.05, 3.63) is 128 Å². The average molecular weight is 544 g/mol. The maximum atomic E-state index is 6.30. The third-order valence-corrected chi connectivity index (χ3v) is 10.0. The highest BCUT2D eigenvalue weighted by Crippen LogP contribution is 2.67. The molecule has 0 radical (unpaired) electrons. The first-order valence-electron chi connectivity index (χ1n) is 11.9. The number of nitrogens with zero attached hydrogens (tertiary/aromatic N) is 2. The molecule has 1 aliphatic rings. The van der Waals surface area contributed by atoms with E-state index in [9.17, 15) is 0 Å². The Labute approximate surface area is 227 Å². The molecule has 1 aliphatic carbocycles. The molecule has 0 atom stereocenters. The second-order valence-corrected chi connectivity index (χ2v) is 12.2. The van der Waals surface area contributed by atoms with Crippen LogP contribution >= 0.6 is 45.9 Å². The van der Waals surface area contributed by atoms with Gasteiger partial charge >= 0.3 is 0 Å². The number of rotatable bonds is 4. The number of hydrogen-bond acceptors (Lipinski definition) is 4. The molecule has 6 aromatic rings. The Morgan fingerprint density at radius 2 is 0.861 bits per heavy atom. The Balaban J connectivity index is 1.43. The largest absolute Gasteiger partial charge is 0.241 e. The summed E-state index contributed by atoms with van der Waals surface area (Å²) < 4.78 is 2.45. The summed E-state index contributed by atoms with van der Waals surface area (Å²) >= 11 is 16.2. The zero-order chi connectivity index (χ0) is 24.2. The van der Waals surface area contributed by atoms with E-state index >= 15 is 0 Å². The first-order valence-corrected chi connectivity index (χ1v) is 14.3. The summed E-state index contributed by atoms with van der Waals surface area (Å²) in [7, 11) is 0. The van der Waals surface area contributed by atoms with Crippen molar-refractivity contribution in [2.45, 2.75) is 23.7 Å². The molecule has 176 valence electrons. The molecule has 2 nitrogen and oxygen atoms in total. The van der Waals surface area contributed by atoms with Crippen LogP contribution in [0, 0.1) is 0 Å². The van der Waals surface area contributed by atoms with Gasteiger partial charge in [-0.15, -0.1) is 22.7 Å². The van der Waals surface area contributed by atoms with E-state index in [4.69, 9.17) is 33.2 Å². The van der Waals surface area contributed by atoms with Gasteiger partial charge in [0, 0.05) is 33.7 Å². The van der Waals surface area contributed by atoms with Gasteiger partial charge in [0.25, 0.3) is 0 Å². The van der Waals surface area contributed by atoms with E-state index in [0.29, 0.717) is 0 Å². The number of benzene rings is 4. The van der Waals surface area contributed by atoms with Gasteiger partial charge in [-0.2, -0.15) is 0 Å². The highest BCUT2D eigenvalue weighted by atomic mass is 35.5. The molecule has 1 fully saturated rings. The van der Waals surface area contributed by atoms with Crippen LogP contribution < -0.4 is 0 Å². The van der Waals surface area contributed by atoms with Crippen molar-refractivity contribution < 1.29 is 0 Å². The van der Waals surface area contributed by atoms with E-state index in [0.717, 1.165) is 21.1 Å². The van der Waals surface area contributed by atoms with Crippen LogP contribution in [0.25, 0.3) is 20.4 Å². The van der Waals surface area contributed by atoms with E-state index < -0.39 is 0 Å². The third-order valence-electron chi connectivity index (χ3n) is 7.25. The Morgan fingerprint density at radius 1 is 0.472 bits per heavy atom. The van der Waals surface area contributed by atoms with E-state index in [1.165, 1.54) is 30.5 Å². The highest BCUT2D eigenvalue weighted by Gasteiger charge is 2.55. The van der Waals surface area contributed by atoms with Crippen LogP contribution in [-0.4, -0.2) is 9.97 Å². The number of hydrogen-bond donors (Lipinski definition) is 0. The molecule has 1 saturated carbocycles. The molecule has 0 saturated heterocycles. The summed E-state index contributed by atoms with van der Waals surface area (Å²) in [5, 5.41) is 3.85. The van der Waals surface area contributed by atoms with Gasteiger partial charge in [-0.3, -0.25) is 0 Å². The molecule has 36 heavy (non-hydrogen) atoms. The monoisotopic (exact) mass is 542 g/mol. The summed E-state index contributed by atoms with van der Waals surface area (Å²) in [5.74, 6) is 0.927. The average Bonchev–Trinajstić information content (AvgIpc) is 3.49. The van der Waals surface area contributed by atoms with E-state index in [1.807, 2.05) is 24.3 Å². The zero-order valence-electron chi connectivity index (χ0n) is 19.0. The fourth-order valence-corrected chi connectivity index (χ4v) is 8.21. The number of fused-ring (bicyclic) bond motifs is 2. The van der Waals surface area contributed by atoms with Crippen molar-refractivity contribution in [1.29, 1.82) is 0 Å². The van der Waals surface area contributed by atoms with Crippen LogP contribution in [0.4, 0.5) is 0 Å². The second-order valence-electron chi connectivity index (χ2n) is 9.25. The van der Waals surface area contributed by atoms with Crippen LogP contribution in [0.3, 0.4) is 0 Å². The van der Waals surface area contributed by atoms with Crippen LogP contribution in [0.2, 0.25) is 10.0 Å². The Morgan fingerprint density at radius 3 is 1.25 bits per heavy atom. The lowest BCUT2D eigenvalue weighted by atomic mass is 9.53. The van der Waals surface area contributed by atoms with Crippen molar-refractivity contribution in [1.82, 2.24) is 9.97 Å². The van der Waals surface area contributed by atoms with E-state index in [1.54, 1.807) is 22.7 Å². The first-order chi connectivity index (χ1) is 17.7. The lowest BCUT2D eigenvalue weighted by Crippen LogP contribution is -2.40. The smallest absolute Gasteiger partial charge is 0.0982 e. The van der Waals surface area contributed by atoms with E-state index in [2.05, 4.69) is 72.8 Å². The van der Waals surface area contributed by atoms with Gasteiger partial charge in [-0.1, -0.05) is 71.7 Å². The minimum Gasteiger partial charge on any atom is -0.241 e. The minimum absolute atomic E-state index is 0.224. The lowest BCUT2D eigenvalue weighted by Gasteiger charge is -2.51. The van der Waals surface area contributed by atoms with Crippen LogP contribution in [-0.2, 0) is 0 Å². The predicted molar refractivity (Wildman–Crippen MR) is 153 cm³/mol. The van der Waals surface area contributed by atoms with Crippen LogP contribution in [0.15, 0.2) is 97.1 Å². The molecule has 7 rings (SSSR count). The molecular weight excluding hydrogens is 523 g/mol. The Kier molecular flexibility index (Phi) is 5.59.